The van der Waals surface area contributed by atoms with E-state index >= 15 is 0 Å². The summed E-state index contributed by atoms with van der Waals surface area (Å²) in [5.41, 5.74) is -0.432. The summed E-state index contributed by atoms with van der Waals surface area (Å²) in [6.07, 6.45) is -2.90. The van der Waals surface area contributed by atoms with Crippen LogP contribution in [0.1, 0.15) is 11.1 Å². The zero-order chi connectivity index (χ0) is 19.6. The van der Waals surface area contributed by atoms with Gasteiger partial charge in [-0.05, 0) is 29.8 Å². The highest BCUT2D eigenvalue weighted by Crippen LogP contribution is 2.34. The fourth-order valence-electron chi connectivity index (χ4n) is 2.64. The Hall–Kier alpha value is -2.25. The van der Waals surface area contributed by atoms with Crippen LogP contribution in [0.3, 0.4) is 0 Å². The third kappa shape index (κ3) is 4.20. The van der Waals surface area contributed by atoms with Gasteiger partial charge in [0.15, 0.2) is 5.16 Å². The number of aromatic nitrogens is 2. The molecule has 3 aromatic rings. The fraction of sp³-hybridized carbons (Fsp3) is 0.158. The molecule has 0 aliphatic carbocycles. The molecule has 0 atom stereocenters. The standard InChI is InChI=1S/C19H14ClF3N2OS/c1-2-9-25-17(26)14-10-13(20)7-8-16(14)24-18(25)27-11-12-5-3-4-6-15(12)19(21,22)23/h2-8,10H,1,9,11H2. The first kappa shape index (κ1) is 19.5. The van der Waals surface area contributed by atoms with Crippen molar-refractivity contribution in [1.29, 1.82) is 0 Å². The second kappa shape index (κ2) is 7.78. The van der Waals surface area contributed by atoms with Crippen LogP contribution < -0.4 is 5.56 Å². The number of rotatable bonds is 5. The molecule has 0 saturated heterocycles. The molecule has 0 radical (unpaired) electrons. The van der Waals surface area contributed by atoms with Crippen LogP contribution in [0, 0.1) is 0 Å². The molecule has 8 heteroatoms. The molecular weight excluding hydrogens is 397 g/mol. The average molecular weight is 411 g/mol. The van der Waals surface area contributed by atoms with Gasteiger partial charge in [0.2, 0.25) is 0 Å². The van der Waals surface area contributed by atoms with Crippen LogP contribution in [0.4, 0.5) is 13.2 Å². The number of fused-ring (bicyclic) bond motifs is 1. The lowest BCUT2D eigenvalue weighted by molar-refractivity contribution is -0.138. The maximum Gasteiger partial charge on any atom is 0.416 e. The molecule has 0 aliphatic heterocycles. The van der Waals surface area contributed by atoms with Gasteiger partial charge in [0.05, 0.1) is 16.5 Å². The lowest BCUT2D eigenvalue weighted by Crippen LogP contribution is -2.22. The molecule has 0 N–H and O–H groups in total. The summed E-state index contributed by atoms with van der Waals surface area (Å²) in [7, 11) is 0. The van der Waals surface area contributed by atoms with Crippen molar-refractivity contribution in [1.82, 2.24) is 9.55 Å². The zero-order valence-electron chi connectivity index (χ0n) is 14.0. The largest absolute Gasteiger partial charge is 0.416 e. The summed E-state index contributed by atoms with van der Waals surface area (Å²) in [4.78, 5) is 17.2. The van der Waals surface area contributed by atoms with E-state index in [9.17, 15) is 18.0 Å². The topological polar surface area (TPSA) is 34.9 Å². The second-order valence-electron chi connectivity index (χ2n) is 5.70. The van der Waals surface area contributed by atoms with E-state index in [1.807, 2.05) is 0 Å². The van der Waals surface area contributed by atoms with Crippen molar-refractivity contribution in [2.24, 2.45) is 0 Å². The molecule has 1 heterocycles. The molecule has 1 aromatic heterocycles. The Labute approximate surface area is 162 Å². The van der Waals surface area contributed by atoms with E-state index in [1.54, 1.807) is 18.2 Å². The molecule has 0 fully saturated rings. The van der Waals surface area contributed by atoms with E-state index in [0.29, 0.717) is 21.1 Å². The zero-order valence-corrected chi connectivity index (χ0v) is 15.5. The van der Waals surface area contributed by atoms with E-state index in [1.165, 1.54) is 28.8 Å². The third-order valence-corrected chi connectivity index (χ3v) is 5.13. The molecule has 0 spiro atoms. The highest BCUT2D eigenvalue weighted by molar-refractivity contribution is 7.98. The molecular formula is C19H14ClF3N2OS. The molecule has 2 aromatic carbocycles. The van der Waals surface area contributed by atoms with Crippen molar-refractivity contribution in [2.45, 2.75) is 23.6 Å². The van der Waals surface area contributed by atoms with Crippen molar-refractivity contribution in [3.8, 4) is 0 Å². The quantitative estimate of drug-likeness (QED) is 0.314. The molecule has 0 saturated carbocycles. The number of thioether (sulfide) groups is 1. The minimum atomic E-state index is -4.44. The Morgan fingerprint density at radius 1 is 1.22 bits per heavy atom. The van der Waals surface area contributed by atoms with Gasteiger partial charge in [-0.15, -0.1) is 6.58 Å². The van der Waals surface area contributed by atoms with Gasteiger partial charge < -0.3 is 0 Å². The van der Waals surface area contributed by atoms with Crippen molar-refractivity contribution >= 4 is 34.3 Å². The minimum absolute atomic E-state index is 0.0262. The molecule has 0 unspecified atom stereocenters. The predicted molar refractivity (Wildman–Crippen MR) is 102 cm³/mol. The first-order chi connectivity index (χ1) is 12.8. The monoisotopic (exact) mass is 410 g/mol. The Bertz CT molecular complexity index is 1060. The molecule has 3 nitrogen and oxygen atoms in total. The fourth-order valence-corrected chi connectivity index (χ4v) is 3.82. The van der Waals surface area contributed by atoms with E-state index < -0.39 is 11.7 Å². The number of nitrogens with zero attached hydrogens (tertiary/aromatic N) is 2. The molecule has 0 bridgehead atoms. The van der Waals surface area contributed by atoms with Crippen LogP contribution >= 0.6 is 23.4 Å². The van der Waals surface area contributed by atoms with Gasteiger partial charge in [-0.2, -0.15) is 13.2 Å². The number of halogens is 4. The number of alkyl halides is 3. The van der Waals surface area contributed by atoms with Crippen LogP contribution in [0.2, 0.25) is 5.02 Å². The van der Waals surface area contributed by atoms with Crippen LogP contribution in [0.15, 0.2) is 65.1 Å². The summed E-state index contributed by atoms with van der Waals surface area (Å²) < 4.78 is 40.9. The summed E-state index contributed by atoms with van der Waals surface area (Å²) in [5.74, 6) is 0.0262. The number of hydrogen-bond donors (Lipinski definition) is 0. The number of benzene rings is 2. The van der Waals surface area contributed by atoms with Crippen LogP contribution in [0.25, 0.3) is 10.9 Å². The summed E-state index contributed by atoms with van der Waals surface area (Å²) in [5, 5.41) is 1.09. The van der Waals surface area contributed by atoms with Crippen LogP contribution in [-0.4, -0.2) is 9.55 Å². The van der Waals surface area contributed by atoms with E-state index in [0.717, 1.165) is 17.8 Å². The normalized spacial score (nSPS) is 11.7. The molecule has 3 rings (SSSR count). The van der Waals surface area contributed by atoms with Gasteiger partial charge in [-0.25, -0.2) is 4.98 Å². The highest BCUT2D eigenvalue weighted by Gasteiger charge is 2.32. The van der Waals surface area contributed by atoms with Crippen molar-refractivity contribution in [3.05, 3.63) is 81.6 Å². The van der Waals surface area contributed by atoms with Gasteiger partial charge in [0.1, 0.15) is 0 Å². The second-order valence-corrected chi connectivity index (χ2v) is 7.08. The van der Waals surface area contributed by atoms with E-state index in [2.05, 4.69) is 11.6 Å². The van der Waals surface area contributed by atoms with Crippen molar-refractivity contribution in [2.75, 3.05) is 0 Å². The van der Waals surface area contributed by atoms with Crippen LogP contribution in [-0.2, 0) is 18.5 Å². The average Bonchev–Trinajstić information content (AvgIpc) is 2.63. The number of hydrogen-bond acceptors (Lipinski definition) is 3. The smallest absolute Gasteiger partial charge is 0.283 e. The van der Waals surface area contributed by atoms with Crippen molar-refractivity contribution < 1.29 is 13.2 Å². The number of allylic oxidation sites excluding steroid dienone is 1. The van der Waals surface area contributed by atoms with E-state index in [-0.39, 0.29) is 23.4 Å². The molecule has 27 heavy (non-hydrogen) atoms. The predicted octanol–water partition coefficient (Wildman–Crippen LogP) is 5.55. The Kier molecular flexibility index (Phi) is 5.62. The Morgan fingerprint density at radius 3 is 2.67 bits per heavy atom. The molecule has 0 aliphatic rings. The molecule has 0 amide bonds. The summed E-state index contributed by atoms with van der Waals surface area (Å²) in [6, 6.07) is 10.1. The van der Waals surface area contributed by atoms with Crippen molar-refractivity contribution in [3.63, 3.8) is 0 Å². The minimum Gasteiger partial charge on any atom is -0.283 e. The molecule has 140 valence electrons. The summed E-state index contributed by atoms with van der Waals surface area (Å²) in [6.45, 7) is 3.82. The SMILES string of the molecule is C=CCn1c(SCc2ccccc2C(F)(F)F)nc2ccc(Cl)cc2c1=O. The maximum atomic E-state index is 13.2. The lowest BCUT2D eigenvalue weighted by Gasteiger charge is -2.14. The first-order valence-corrected chi connectivity index (χ1v) is 9.26. The summed E-state index contributed by atoms with van der Waals surface area (Å²) >= 11 is 7.03. The van der Waals surface area contributed by atoms with Gasteiger partial charge in [0, 0.05) is 17.3 Å². The van der Waals surface area contributed by atoms with Crippen LogP contribution in [0.5, 0.6) is 0 Å². The van der Waals surface area contributed by atoms with Gasteiger partial charge in [0.25, 0.3) is 5.56 Å². The lowest BCUT2D eigenvalue weighted by atomic mass is 10.1. The van der Waals surface area contributed by atoms with Gasteiger partial charge in [-0.1, -0.05) is 47.6 Å². The Morgan fingerprint density at radius 2 is 1.96 bits per heavy atom. The highest BCUT2D eigenvalue weighted by atomic mass is 35.5. The first-order valence-electron chi connectivity index (χ1n) is 7.90. The van der Waals surface area contributed by atoms with Gasteiger partial charge >= 0.3 is 6.18 Å². The van der Waals surface area contributed by atoms with Gasteiger partial charge in [-0.3, -0.25) is 9.36 Å². The third-order valence-electron chi connectivity index (χ3n) is 3.87. The van der Waals surface area contributed by atoms with E-state index in [4.69, 9.17) is 11.6 Å². The maximum absolute atomic E-state index is 13.2. The Balaban J connectivity index is 2.03.